The number of carbonyl (C=O) groups is 1. The van der Waals surface area contributed by atoms with E-state index in [1.165, 1.54) is 12.8 Å². The van der Waals surface area contributed by atoms with Gasteiger partial charge in [-0.05, 0) is 25.0 Å². The number of para-hydroxylation sites is 1. The van der Waals surface area contributed by atoms with Crippen molar-refractivity contribution in [3.05, 3.63) is 66.2 Å². The highest BCUT2D eigenvalue weighted by Gasteiger charge is 2.19. The summed E-state index contributed by atoms with van der Waals surface area (Å²) in [7, 11) is 0. The fraction of sp³-hybridized carbons (Fsp3) is 0.190. The third-order valence-corrected chi connectivity index (χ3v) is 4.55. The fourth-order valence-electron chi connectivity index (χ4n) is 3.21. The molecule has 2 heterocycles. The lowest BCUT2D eigenvalue weighted by Crippen LogP contribution is -2.16. The highest BCUT2D eigenvalue weighted by atomic mass is 16.1. The number of hydrogen-bond donors (Lipinski definition) is 0. The summed E-state index contributed by atoms with van der Waals surface area (Å²) in [6.45, 7) is 2.01. The first-order valence-corrected chi connectivity index (χ1v) is 8.84. The Hall–Kier alpha value is -3.21. The summed E-state index contributed by atoms with van der Waals surface area (Å²) in [4.78, 5) is 18.8. The number of hydrogen-bond acceptors (Lipinski definition) is 3. The lowest BCUT2D eigenvalue weighted by Gasteiger charge is -2.10. The van der Waals surface area contributed by atoms with Gasteiger partial charge in [-0.3, -0.25) is 4.79 Å². The van der Waals surface area contributed by atoms with E-state index < -0.39 is 0 Å². The second-order valence-electron chi connectivity index (χ2n) is 6.30. The molecule has 0 amide bonds. The summed E-state index contributed by atoms with van der Waals surface area (Å²) in [5, 5.41) is 4.72. The van der Waals surface area contributed by atoms with Crippen LogP contribution in [0.4, 0.5) is 5.82 Å². The molecule has 1 aromatic heterocycles. The molecule has 0 N–H and O–H groups in total. The molecule has 0 unspecified atom stereocenters. The Kier molecular flexibility index (Phi) is 4.60. The van der Waals surface area contributed by atoms with Crippen LogP contribution in [0.1, 0.15) is 23.2 Å². The summed E-state index contributed by atoms with van der Waals surface area (Å²) < 4.78 is 1.75. The lowest BCUT2D eigenvalue weighted by atomic mass is 10.1. The van der Waals surface area contributed by atoms with Crippen molar-refractivity contribution in [2.24, 2.45) is 4.99 Å². The number of benzene rings is 2. The highest BCUT2D eigenvalue weighted by Crippen LogP contribution is 2.31. The quantitative estimate of drug-likeness (QED) is 0.398. The molecule has 1 aliphatic heterocycles. The lowest BCUT2D eigenvalue weighted by molar-refractivity contribution is 0.112. The zero-order chi connectivity index (χ0) is 17.8. The molecule has 1 fully saturated rings. The molecule has 0 bridgehead atoms. The van der Waals surface area contributed by atoms with Crippen LogP contribution in [0.15, 0.2) is 65.7 Å². The number of likely N-dealkylation sites (tertiary alicyclic amines) is 1. The number of aldehydes is 1. The topological polar surface area (TPSA) is 50.5 Å². The maximum absolute atomic E-state index is 11.9. The zero-order valence-electron chi connectivity index (χ0n) is 14.5. The molecular weight excluding hydrogens is 324 g/mol. The normalized spacial score (nSPS) is 14.2. The molecule has 130 valence electrons. The number of carbonyl (C=O) groups excluding carboxylic acids is 1. The molecule has 0 aliphatic carbocycles. The number of rotatable bonds is 5. The molecule has 1 saturated heterocycles. The molecule has 1 aliphatic rings. The van der Waals surface area contributed by atoms with Crippen LogP contribution < -0.4 is 0 Å². The van der Waals surface area contributed by atoms with Crippen molar-refractivity contribution >= 4 is 18.4 Å². The average Bonchev–Trinajstić information content (AvgIpc) is 3.35. The van der Waals surface area contributed by atoms with Crippen molar-refractivity contribution in [2.45, 2.75) is 12.8 Å². The van der Waals surface area contributed by atoms with E-state index in [4.69, 9.17) is 5.10 Å². The van der Waals surface area contributed by atoms with Gasteiger partial charge in [0.05, 0.1) is 17.6 Å². The smallest absolute Gasteiger partial charge is 0.168 e. The molecule has 5 nitrogen and oxygen atoms in total. The minimum atomic E-state index is 0.510. The number of aliphatic imine (C=N–C) groups is 1. The van der Waals surface area contributed by atoms with Crippen molar-refractivity contribution in [3.8, 4) is 16.9 Å². The van der Waals surface area contributed by atoms with E-state index in [-0.39, 0.29) is 0 Å². The Balaban J connectivity index is 1.86. The van der Waals surface area contributed by atoms with Gasteiger partial charge in [-0.25, -0.2) is 9.67 Å². The standard InChI is InChI=1S/C21H20N4O/c26-15-19-20(17-9-3-1-4-10-17)23-25(18-11-5-2-6-12-18)21(19)22-16-24-13-7-8-14-24/h1-6,9-12,15-16H,7-8,13-14H2/b22-16+. The van der Waals surface area contributed by atoms with Crippen LogP contribution in [0.25, 0.3) is 16.9 Å². The van der Waals surface area contributed by atoms with E-state index in [0.717, 1.165) is 30.6 Å². The van der Waals surface area contributed by atoms with Gasteiger partial charge in [-0.1, -0.05) is 48.5 Å². The maximum atomic E-state index is 11.9. The molecule has 0 atom stereocenters. The zero-order valence-corrected chi connectivity index (χ0v) is 14.5. The summed E-state index contributed by atoms with van der Waals surface area (Å²) in [5.74, 6) is 0.567. The predicted molar refractivity (Wildman–Crippen MR) is 103 cm³/mol. The summed E-state index contributed by atoms with van der Waals surface area (Å²) >= 11 is 0. The van der Waals surface area contributed by atoms with E-state index in [2.05, 4.69) is 9.89 Å². The van der Waals surface area contributed by atoms with Crippen molar-refractivity contribution < 1.29 is 4.79 Å². The first-order valence-electron chi connectivity index (χ1n) is 8.84. The van der Waals surface area contributed by atoms with Crippen molar-refractivity contribution in [2.75, 3.05) is 13.1 Å². The molecule has 3 aromatic rings. The maximum Gasteiger partial charge on any atom is 0.168 e. The minimum Gasteiger partial charge on any atom is -0.363 e. The predicted octanol–water partition coefficient (Wildman–Crippen LogP) is 4.11. The fourth-order valence-corrected chi connectivity index (χ4v) is 3.21. The van der Waals surface area contributed by atoms with Crippen LogP contribution in [0.5, 0.6) is 0 Å². The number of nitrogens with zero attached hydrogens (tertiary/aromatic N) is 4. The molecule has 0 radical (unpaired) electrons. The Labute approximate surface area is 152 Å². The van der Waals surface area contributed by atoms with Gasteiger partial charge in [-0.15, -0.1) is 0 Å². The summed E-state index contributed by atoms with van der Waals surface area (Å²) in [6.07, 6.45) is 5.05. The summed E-state index contributed by atoms with van der Waals surface area (Å²) in [5.41, 5.74) is 2.95. The SMILES string of the molecule is O=Cc1c(-c2ccccc2)nn(-c2ccccc2)c1/N=C/N1CCCC1. The van der Waals surface area contributed by atoms with Crippen molar-refractivity contribution in [1.29, 1.82) is 0 Å². The van der Waals surface area contributed by atoms with E-state index in [9.17, 15) is 4.79 Å². The summed E-state index contributed by atoms with van der Waals surface area (Å²) in [6, 6.07) is 19.5. The molecule has 0 spiro atoms. The van der Waals surface area contributed by atoms with Gasteiger partial charge in [0.15, 0.2) is 12.1 Å². The molecule has 0 saturated carbocycles. The van der Waals surface area contributed by atoms with E-state index in [1.54, 1.807) is 4.68 Å². The van der Waals surface area contributed by atoms with Crippen molar-refractivity contribution in [1.82, 2.24) is 14.7 Å². The minimum absolute atomic E-state index is 0.510. The van der Waals surface area contributed by atoms with Crippen LogP contribution in [0.3, 0.4) is 0 Å². The molecular formula is C21H20N4O. The Bertz CT molecular complexity index is 910. The van der Waals surface area contributed by atoms with E-state index in [1.807, 2.05) is 67.0 Å². The van der Waals surface area contributed by atoms with Crippen LogP contribution in [0.2, 0.25) is 0 Å². The first kappa shape index (κ1) is 16.3. The van der Waals surface area contributed by atoms with E-state index >= 15 is 0 Å². The first-order chi connectivity index (χ1) is 12.9. The molecule has 26 heavy (non-hydrogen) atoms. The largest absolute Gasteiger partial charge is 0.363 e. The molecule has 4 rings (SSSR count). The highest BCUT2D eigenvalue weighted by molar-refractivity contribution is 5.92. The van der Waals surface area contributed by atoms with Gasteiger partial charge in [0.25, 0.3) is 0 Å². The van der Waals surface area contributed by atoms with Gasteiger partial charge >= 0.3 is 0 Å². The average molecular weight is 344 g/mol. The van der Waals surface area contributed by atoms with Crippen molar-refractivity contribution in [3.63, 3.8) is 0 Å². The van der Waals surface area contributed by atoms with Crippen LogP contribution >= 0.6 is 0 Å². The van der Waals surface area contributed by atoms with Gasteiger partial charge in [0.2, 0.25) is 0 Å². The molecule has 5 heteroatoms. The number of aromatic nitrogens is 2. The Morgan fingerprint density at radius 2 is 1.58 bits per heavy atom. The Morgan fingerprint density at radius 3 is 2.23 bits per heavy atom. The van der Waals surface area contributed by atoms with Gasteiger partial charge in [0, 0.05) is 18.7 Å². The van der Waals surface area contributed by atoms with Crippen LogP contribution in [-0.4, -0.2) is 40.4 Å². The van der Waals surface area contributed by atoms with E-state index in [0.29, 0.717) is 17.1 Å². The van der Waals surface area contributed by atoms with Crippen LogP contribution in [0, 0.1) is 0 Å². The third kappa shape index (κ3) is 3.16. The molecule has 2 aromatic carbocycles. The van der Waals surface area contributed by atoms with Crippen LogP contribution in [-0.2, 0) is 0 Å². The van der Waals surface area contributed by atoms with Gasteiger partial charge < -0.3 is 4.90 Å². The van der Waals surface area contributed by atoms with Gasteiger partial charge in [-0.2, -0.15) is 5.10 Å². The second-order valence-corrected chi connectivity index (χ2v) is 6.30. The van der Waals surface area contributed by atoms with Gasteiger partial charge in [0.1, 0.15) is 5.69 Å². The third-order valence-electron chi connectivity index (χ3n) is 4.55. The Morgan fingerprint density at radius 1 is 0.923 bits per heavy atom. The second kappa shape index (κ2) is 7.35. The monoisotopic (exact) mass is 344 g/mol.